The highest BCUT2D eigenvalue weighted by Crippen LogP contribution is 2.52. The van der Waals surface area contributed by atoms with Crippen molar-refractivity contribution < 1.29 is 22.8 Å². The summed E-state index contributed by atoms with van der Waals surface area (Å²) in [7, 11) is 1.84. The molecule has 0 bridgehead atoms. The Labute approximate surface area is 180 Å². The van der Waals surface area contributed by atoms with Gasteiger partial charge in [-0.15, -0.1) is 10.2 Å². The van der Waals surface area contributed by atoms with Gasteiger partial charge in [0.2, 0.25) is 5.91 Å². The molecule has 32 heavy (non-hydrogen) atoms. The molecule has 166 valence electrons. The minimum atomic E-state index is -4.85. The minimum Gasteiger partial charge on any atom is -0.334 e. The van der Waals surface area contributed by atoms with Gasteiger partial charge in [0.25, 0.3) is 0 Å². The van der Waals surface area contributed by atoms with Crippen LogP contribution >= 0.6 is 0 Å². The summed E-state index contributed by atoms with van der Waals surface area (Å²) in [5.41, 5.74) is 2.22. The van der Waals surface area contributed by atoms with Crippen molar-refractivity contribution in [2.75, 3.05) is 18.4 Å². The fourth-order valence-electron chi connectivity index (χ4n) is 4.60. The van der Waals surface area contributed by atoms with Gasteiger partial charge in [-0.2, -0.15) is 18.3 Å². The van der Waals surface area contributed by atoms with Crippen LogP contribution in [0.15, 0.2) is 36.7 Å². The molecule has 1 aliphatic heterocycles. The summed E-state index contributed by atoms with van der Waals surface area (Å²) in [5, 5.41) is 15.9. The number of hydrogen-bond acceptors (Lipinski definition) is 5. The number of carbonyl (C=O) groups excluding carboxylic acids is 2. The van der Waals surface area contributed by atoms with Gasteiger partial charge in [-0.25, -0.2) is 0 Å². The fourth-order valence-corrected chi connectivity index (χ4v) is 4.60. The quantitative estimate of drug-likeness (QED) is 0.671. The first kappa shape index (κ1) is 20.4. The van der Waals surface area contributed by atoms with Gasteiger partial charge in [0.05, 0.1) is 11.7 Å². The van der Waals surface area contributed by atoms with Crippen molar-refractivity contribution in [3.63, 3.8) is 0 Å². The molecule has 2 amide bonds. The van der Waals surface area contributed by atoms with Crippen LogP contribution in [0, 0.1) is 11.3 Å². The Balaban J connectivity index is 1.22. The molecule has 1 spiro atoms. The van der Waals surface area contributed by atoms with Crippen molar-refractivity contribution in [1.29, 1.82) is 0 Å². The first-order valence-corrected chi connectivity index (χ1v) is 10.1. The summed E-state index contributed by atoms with van der Waals surface area (Å²) in [6.45, 7) is 0.0873. The molecule has 2 aliphatic rings. The van der Waals surface area contributed by atoms with Crippen molar-refractivity contribution in [2.24, 2.45) is 18.4 Å². The van der Waals surface area contributed by atoms with Gasteiger partial charge < -0.3 is 10.2 Å². The minimum absolute atomic E-state index is 0.0437. The van der Waals surface area contributed by atoms with Crippen molar-refractivity contribution >= 4 is 28.5 Å². The highest BCUT2D eigenvalue weighted by molar-refractivity contribution is 5.94. The number of benzene rings is 1. The number of nitrogens with one attached hydrogen (secondary N) is 1. The van der Waals surface area contributed by atoms with E-state index in [1.165, 1.54) is 0 Å². The average Bonchev–Trinajstić information content (AvgIpc) is 3.10. The highest BCUT2D eigenvalue weighted by atomic mass is 19.4. The van der Waals surface area contributed by atoms with Crippen LogP contribution in [-0.2, 0) is 16.6 Å². The molecule has 5 rings (SSSR count). The zero-order chi connectivity index (χ0) is 22.7. The van der Waals surface area contributed by atoms with Crippen LogP contribution in [0.4, 0.5) is 19.0 Å². The number of nitrogens with zero attached hydrogens (tertiary/aromatic N) is 5. The molecule has 1 aromatic carbocycles. The number of aryl methyl sites for hydroxylation is 1. The lowest BCUT2D eigenvalue weighted by Gasteiger charge is -2.58. The number of amides is 2. The second-order valence-electron chi connectivity index (χ2n) is 8.66. The fraction of sp³-hybridized carbons (Fsp3) is 0.381. The smallest absolute Gasteiger partial charge is 0.334 e. The lowest BCUT2D eigenvalue weighted by Crippen LogP contribution is -2.66. The third-order valence-corrected chi connectivity index (χ3v) is 6.19. The molecule has 0 radical (unpaired) electrons. The van der Waals surface area contributed by atoms with Crippen LogP contribution in [-0.4, -0.2) is 56.0 Å². The number of likely N-dealkylation sites (tertiary alicyclic amines) is 1. The van der Waals surface area contributed by atoms with Crippen LogP contribution in [0.2, 0.25) is 0 Å². The summed E-state index contributed by atoms with van der Waals surface area (Å²) in [5.74, 6) is -2.06. The van der Waals surface area contributed by atoms with E-state index in [1.807, 2.05) is 31.4 Å². The van der Waals surface area contributed by atoms with Crippen molar-refractivity contribution in [1.82, 2.24) is 24.9 Å². The van der Waals surface area contributed by atoms with Gasteiger partial charge in [-0.1, -0.05) is 6.07 Å². The van der Waals surface area contributed by atoms with Crippen LogP contribution in [0.5, 0.6) is 0 Å². The second kappa shape index (κ2) is 7.01. The number of fused-ring (bicyclic) bond motifs is 1. The molecule has 1 saturated heterocycles. The second-order valence-corrected chi connectivity index (χ2v) is 8.66. The van der Waals surface area contributed by atoms with Gasteiger partial charge in [0.1, 0.15) is 0 Å². The maximum Gasteiger partial charge on any atom is 0.471 e. The normalized spacial score (nSPS) is 17.8. The zero-order valence-corrected chi connectivity index (χ0v) is 17.1. The SMILES string of the molecule is Cn1cc(-c2ccc3nnc(NC(=O)C4CC5(C4)CN(C(=O)C(F)(F)F)C5)cc3c2)cn1. The van der Waals surface area contributed by atoms with E-state index in [0.717, 1.165) is 21.4 Å². The van der Waals surface area contributed by atoms with E-state index >= 15 is 0 Å². The van der Waals surface area contributed by atoms with Crippen LogP contribution < -0.4 is 5.32 Å². The van der Waals surface area contributed by atoms with Crippen molar-refractivity contribution in [3.8, 4) is 11.1 Å². The van der Waals surface area contributed by atoms with E-state index in [4.69, 9.17) is 0 Å². The van der Waals surface area contributed by atoms with Gasteiger partial charge in [0.15, 0.2) is 5.82 Å². The van der Waals surface area contributed by atoms with Gasteiger partial charge in [0, 0.05) is 48.6 Å². The predicted molar refractivity (Wildman–Crippen MR) is 108 cm³/mol. The maximum absolute atomic E-state index is 12.6. The van der Waals surface area contributed by atoms with Crippen LogP contribution in [0.3, 0.4) is 0 Å². The van der Waals surface area contributed by atoms with E-state index < -0.39 is 12.1 Å². The standard InChI is InChI=1S/C21H19F3N6O2/c1-29-9-15(8-25-29)12-2-3-16-13(4-12)5-17(28-27-16)26-18(31)14-6-20(7-14)10-30(11-20)19(32)21(22,23)24/h2-5,8-9,14H,6-7,10-11H2,1H3,(H,26,28,31). The summed E-state index contributed by atoms with van der Waals surface area (Å²) in [6, 6.07) is 7.44. The number of aromatic nitrogens is 4. The molecule has 1 aliphatic carbocycles. The van der Waals surface area contributed by atoms with Crippen LogP contribution in [0.25, 0.3) is 22.0 Å². The monoisotopic (exact) mass is 444 g/mol. The Hall–Kier alpha value is -3.50. The molecule has 8 nitrogen and oxygen atoms in total. The highest BCUT2D eigenvalue weighted by Gasteiger charge is 2.58. The molecule has 1 N–H and O–H groups in total. The molecule has 3 heterocycles. The average molecular weight is 444 g/mol. The summed E-state index contributed by atoms with van der Waals surface area (Å²) < 4.78 is 39.2. The molecular weight excluding hydrogens is 425 g/mol. The largest absolute Gasteiger partial charge is 0.471 e. The van der Waals surface area contributed by atoms with E-state index in [-0.39, 0.29) is 30.3 Å². The third-order valence-electron chi connectivity index (χ3n) is 6.19. The number of hydrogen-bond donors (Lipinski definition) is 1. The number of rotatable bonds is 3. The lowest BCUT2D eigenvalue weighted by atomic mass is 9.57. The van der Waals surface area contributed by atoms with E-state index in [2.05, 4.69) is 20.6 Å². The number of anilines is 1. The summed E-state index contributed by atoms with van der Waals surface area (Å²) in [6.07, 6.45) is -0.295. The van der Waals surface area contributed by atoms with Crippen molar-refractivity contribution in [3.05, 3.63) is 36.7 Å². The molecule has 2 aromatic heterocycles. The molecule has 1 saturated carbocycles. The number of carbonyl (C=O) groups is 2. The zero-order valence-electron chi connectivity index (χ0n) is 17.1. The summed E-state index contributed by atoms with van der Waals surface area (Å²) in [4.78, 5) is 24.6. The Morgan fingerprint density at radius 2 is 1.88 bits per heavy atom. The Morgan fingerprint density at radius 1 is 1.12 bits per heavy atom. The van der Waals surface area contributed by atoms with Crippen LogP contribution in [0.1, 0.15) is 12.8 Å². The molecule has 11 heteroatoms. The van der Waals surface area contributed by atoms with Gasteiger partial charge in [-0.05, 0) is 36.6 Å². The van der Waals surface area contributed by atoms with Crippen molar-refractivity contribution in [2.45, 2.75) is 19.0 Å². The number of alkyl halides is 3. The Morgan fingerprint density at radius 3 is 2.53 bits per heavy atom. The molecule has 2 fully saturated rings. The Bertz CT molecular complexity index is 1220. The van der Waals surface area contributed by atoms with Gasteiger partial charge in [-0.3, -0.25) is 14.3 Å². The van der Waals surface area contributed by atoms with Gasteiger partial charge >= 0.3 is 12.1 Å². The first-order valence-electron chi connectivity index (χ1n) is 10.1. The molecule has 0 atom stereocenters. The molecular formula is C21H19F3N6O2. The summed E-state index contributed by atoms with van der Waals surface area (Å²) >= 11 is 0. The van der Waals surface area contributed by atoms with E-state index in [1.54, 1.807) is 16.9 Å². The molecule has 3 aromatic rings. The molecule has 0 unspecified atom stereocenters. The maximum atomic E-state index is 12.6. The van der Waals surface area contributed by atoms with E-state index in [9.17, 15) is 22.8 Å². The topological polar surface area (TPSA) is 93.0 Å². The third kappa shape index (κ3) is 3.57. The lowest BCUT2D eigenvalue weighted by molar-refractivity contribution is -0.203. The predicted octanol–water partition coefficient (Wildman–Crippen LogP) is 2.77. The van der Waals surface area contributed by atoms with E-state index in [0.29, 0.717) is 24.2 Å². The first-order chi connectivity index (χ1) is 15.1. The Kier molecular flexibility index (Phi) is 4.47. The number of halogens is 3.